The number of ether oxygens (including phenoxy) is 2. The molecule has 2 heterocycles. The monoisotopic (exact) mass is 413 g/mol. The highest BCUT2D eigenvalue weighted by atomic mass is 16.6. The molecule has 4 rings (SSSR count). The minimum Gasteiger partial charge on any atom is -0.489 e. The van der Waals surface area contributed by atoms with Crippen molar-refractivity contribution in [1.82, 2.24) is 14.9 Å². The fraction of sp³-hybridized carbons (Fsp3) is 0.609. The van der Waals surface area contributed by atoms with E-state index >= 15 is 0 Å². The number of rotatable bonds is 6. The number of amides is 1. The number of hydrogen-bond acceptors (Lipinski definition) is 6. The highest BCUT2D eigenvalue weighted by Gasteiger charge is 2.25. The Labute approximate surface area is 177 Å². The Kier molecular flexibility index (Phi) is 6.55. The Morgan fingerprint density at radius 1 is 1.13 bits per heavy atom. The number of aromatic nitrogens is 2. The van der Waals surface area contributed by atoms with Gasteiger partial charge in [-0.1, -0.05) is 19.3 Å². The molecule has 0 bridgehead atoms. The molecule has 2 aromatic rings. The second kappa shape index (κ2) is 9.49. The van der Waals surface area contributed by atoms with Gasteiger partial charge in [0.25, 0.3) is 0 Å². The summed E-state index contributed by atoms with van der Waals surface area (Å²) in [4.78, 5) is 23.0. The number of hydrogen-bond donors (Lipinski definition) is 0. The standard InChI is InChI=1S/C23H31N3O4/c1-16-20(30-18-10-4-3-5-11-18)13-12-19(25-16)22-21(29-15-24-22)14-28-23(27)26(2)17-8-6-7-9-17/h12-13,15,17-18H,3-11,14H2,1-2H3. The van der Waals surface area contributed by atoms with Gasteiger partial charge >= 0.3 is 6.09 Å². The second-order valence-electron chi connectivity index (χ2n) is 8.39. The molecule has 2 saturated carbocycles. The normalized spacial score (nSPS) is 17.8. The molecule has 0 saturated heterocycles. The van der Waals surface area contributed by atoms with E-state index in [-0.39, 0.29) is 24.8 Å². The van der Waals surface area contributed by atoms with Crippen LogP contribution >= 0.6 is 0 Å². The zero-order valence-corrected chi connectivity index (χ0v) is 17.9. The van der Waals surface area contributed by atoms with Crippen LogP contribution in [0.15, 0.2) is 22.9 Å². The van der Waals surface area contributed by atoms with E-state index in [1.165, 1.54) is 38.5 Å². The first-order valence-corrected chi connectivity index (χ1v) is 11.1. The summed E-state index contributed by atoms with van der Waals surface area (Å²) in [5.74, 6) is 1.32. The number of carbonyl (C=O) groups is 1. The summed E-state index contributed by atoms with van der Waals surface area (Å²) in [5, 5.41) is 0. The molecule has 2 aromatic heterocycles. The van der Waals surface area contributed by atoms with E-state index < -0.39 is 0 Å². The quantitative estimate of drug-likeness (QED) is 0.642. The molecule has 2 aliphatic rings. The van der Waals surface area contributed by atoms with E-state index in [0.717, 1.165) is 37.1 Å². The van der Waals surface area contributed by atoms with Gasteiger partial charge in [0.1, 0.15) is 11.4 Å². The van der Waals surface area contributed by atoms with Crippen LogP contribution in [0.3, 0.4) is 0 Å². The number of carbonyl (C=O) groups excluding carboxylic acids is 1. The smallest absolute Gasteiger partial charge is 0.410 e. The van der Waals surface area contributed by atoms with Gasteiger partial charge in [-0.15, -0.1) is 0 Å². The molecule has 0 N–H and O–H groups in total. The first kappa shape index (κ1) is 20.7. The second-order valence-corrected chi connectivity index (χ2v) is 8.39. The van der Waals surface area contributed by atoms with Crippen LogP contribution in [-0.2, 0) is 11.3 Å². The first-order chi connectivity index (χ1) is 14.6. The van der Waals surface area contributed by atoms with Crippen molar-refractivity contribution < 1.29 is 18.7 Å². The molecule has 7 nitrogen and oxygen atoms in total. The van der Waals surface area contributed by atoms with Crippen LogP contribution < -0.4 is 4.74 Å². The number of oxazole rings is 1. The third-order valence-electron chi connectivity index (χ3n) is 6.25. The maximum absolute atomic E-state index is 12.4. The molecule has 0 spiro atoms. The molecule has 30 heavy (non-hydrogen) atoms. The zero-order valence-electron chi connectivity index (χ0n) is 17.9. The fourth-order valence-corrected chi connectivity index (χ4v) is 4.42. The van der Waals surface area contributed by atoms with Gasteiger partial charge in [-0.2, -0.15) is 0 Å². The van der Waals surface area contributed by atoms with Gasteiger partial charge in [-0.05, 0) is 57.6 Å². The van der Waals surface area contributed by atoms with E-state index in [9.17, 15) is 4.79 Å². The average Bonchev–Trinajstić information content (AvgIpc) is 3.46. The largest absolute Gasteiger partial charge is 0.489 e. The van der Waals surface area contributed by atoms with Crippen LogP contribution in [-0.4, -0.2) is 40.2 Å². The maximum atomic E-state index is 12.4. The molecular weight excluding hydrogens is 382 g/mol. The van der Waals surface area contributed by atoms with Gasteiger partial charge < -0.3 is 18.8 Å². The molecule has 1 amide bonds. The van der Waals surface area contributed by atoms with Crippen molar-refractivity contribution in [1.29, 1.82) is 0 Å². The van der Waals surface area contributed by atoms with Gasteiger partial charge in [0.2, 0.25) is 0 Å². The summed E-state index contributed by atoms with van der Waals surface area (Å²) in [7, 11) is 1.80. The Hall–Kier alpha value is -2.57. The fourth-order valence-electron chi connectivity index (χ4n) is 4.42. The van der Waals surface area contributed by atoms with E-state index in [0.29, 0.717) is 17.1 Å². The third kappa shape index (κ3) is 4.77. The lowest BCUT2D eigenvalue weighted by atomic mass is 9.98. The summed E-state index contributed by atoms with van der Waals surface area (Å²) in [6, 6.07) is 4.11. The molecule has 162 valence electrons. The van der Waals surface area contributed by atoms with Gasteiger partial charge in [0, 0.05) is 13.1 Å². The zero-order chi connectivity index (χ0) is 20.9. The maximum Gasteiger partial charge on any atom is 0.410 e. The van der Waals surface area contributed by atoms with Crippen molar-refractivity contribution >= 4 is 6.09 Å². The lowest BCUT2D eigenvalue weighted by Crippen LogP contribution is -2.35. The van der Waals surface area contributed by atoms with E-state index in [1.807, 2.05) is 19.1 Å². The number of pyridine rings is 1. The lowest BCUT2D eigenvalue weighted by molar-refractivity contribution is 0.0860. The van der Waals surface area contributed by atoms with Crippen LogP contribution in [0.4, 0.5) is 4.79 Å². The van der Waals surface area contributed by atoms with Crippen molar-refractivity contribution in [2.45, 2.75) is 83.5 Å². The van der Waals surface area contributed by atoms with Crippen molar-refractivity contribution in [3.05, 3.63) is 30.0 Å². The molecular formula is C23H31N3O4. The lowest BCUT2D eigenvalue weighted by Gasteiger charge is -2.23. The van der Waals surface area contributed by atoms with Crippen molar-refractivity contribution in [3.63, 3.8) is 0 Å². The van der Waals surface area contributed by atoms with Gasteiger partial charge in [0.15, 0.2) is 18.8 Å². The van der Waals surface area contributed by atoms with Crippen LogP contribution in [0.25, 0.3) is 11.4 Å². The number of aryl methyl sites for hydroxylation is 1. The molecule has 0 atom stereocenters. The highest BCUT2D eigenvalue weighted by Crippen LogP contribution is 2.29. The van der Waals surface area contributed by atoms with E-state index in [1.54, 1.807) is 11.9 Å². The Bertz CT molecular complexity index is 854. The highest BCUT2D eigenvalue weighted by molar-refractivity contribution is 5.68. The van der Waals surface area contributed by atoms with Crippen LogP contribution in [0, 0.1) is 6.92 Å². The van der Waals surface area contributed by atoms with Crippen LogP contribution in [0.2, 0.25) is 0 Å². The summed E-state index contributed by atoms with van der Waals surface area (Å²) in [6.07, 6.45) is 11.7. The van der Waals surface area contributed by atoms with E-state index in [2.05, 4.69) is 9.97 Å². The molecule has 0 aromatic carbocycles. The molecule has 2 aliphatic carbocycles. The molecule has 0 aliphatic heterocycles. The van der Waals surface area contributed by atoms with E-state index in [4.69, 9.17) is 13.9 Å². The Morgan fingerprint density at radius 2 is 1.87 bits per heavy atom. The van der Waals surface area contributed by atoms with Gasteiger partial charge in [0.05, 0.1) is 17.5 Å². The summed E-state index contributed by atoms with van der Waals surface area (Å²) >= 11 is 0. The SMILES string of the molecule is Cc1nc(-c2ncoc2COC(=O)N(C)C2CCCC2)ccc1OC1CCCCC1. The van der Waals surface area contributed by atoms with Gasteiger partial charge in [-0.3, -0.25) is 0 Å². The van der Waals surface area contributed by atoms with Gasteiger partial charge in [-0.25, -0.2) is 14.8 Å². The first-order valence-electron chi connectivity index (χ1n) is 11.1. The minimum atomic E-state index is -0.329. The topological polar surface area (TPSA) is 77.7 Å². The average molecular weight is 414 g/mol. The van der Waals surface area contributed by atoms with Crippen molar-refractivity contribution in [3.8, 4) is 17.1 Å². The summed E-state index contributed by atoms with van der Waals surface area (Å²) in [5.41, 5.74) is 2.11. The predicted molar refractivity (Wildman–Crippen MR) is 112 cm³/mol. The molecule has 7 heteroatoms. The van der Waals surface area contributed by atoms with Crippen LogP contribution in [0.1, 0.15) is 69.2 Å². The predicted octanol–water partition coefficient (Wildman–Crippen LogP) is 5.27. The Morgan fingerprint density at radius 3 is 2.60 bits per heavy atom. The third-order valence-corrected chi connectivity index (χ3v) is 6.25. The number of nitrogens with zero attached hydrogens (tertiary/aromatic N) is 3. The summed E-state index contributed by atoms with van der Waals surface area (Å²) < 4.78 is 17.1. The minimum absolute atomic E-state index is 0.0340. The summed E-state index contributed by atoms with van der Waals surface area (Å²) in [6.45, 7) is 1.98. The molecule has 2 fully saturated rings. The molecule has 0 radical (unpaired) electrons. The molecule has 0 unspecified atom stereocenters. The van der Waals surface area contributed by atoms with Crippen LogP contribution in [0.5, 0.6) is 5.75 Å². The Balaban J connectivity index is 1.39. The van der Waals surface area contributed by atoms with Crippen molar-refractivity contribution in [2.24, 2.45) is 0 Å². The van der Waals surface area contributed by atoms with Crippen molar-refractivity contribution in [2.75, 3.05) is 7.05 Å².